The fourth-order valence-corrected chi connectivity index (χ4v) is 4.74. The van der Waals surface area contributed by atoms with Gasteiger partial charge in [0.15, 0.2) is 16.5 Å². The molecule has 1 atom stereocenters. The van der Waals surface area contributed by atoms with E-state index in [4.69, 9.17) is 23.2 Å². The van der Waals surface area contributed by atoms with Gasteiger partial charge in [0.05, 0.1) is 29.0 Å². The van der Waals surface area contributed by atoms with Gasteiger partial charge in [0.2, 0.25) is 5.91 Å². The molecule has 1 aliphatic heterocycles. The van der Waals surface area contributed by atoms with Crippen molar-refractivity contribution < 1.29 is 27.2 Å². The number of anilines is 2. The van der Waals surface area contributed by atoms with Crippen LogP contribution in [0.25, 0.3) is 5.65 Å². The Kier molecular flexibility index (Phi) is 8.61. The van der Waals surface area contributed by atoms with Gasteiger partial charge in [-0.2, -0.15) is 18.3 Å². The maximum atomic E-state index is 13.5. The number of imidazole rings is 1. The van der Waals surface area contributed by atoms with Crippen molar-refractivity contribution in [2.24, 2.45) is 0 Å². The highest BCUT2D eigenvalue weighted by Crippen LogP contribution is 2.29. The van der Waals surface area contributed by atoms with E-state index >= 15 is 0 Å². The first kappa shape index (κ1) is 27.9. The Morgan fingerprint density at radius 3 is 2.68 bits per heavy atom. The molecule has 0 bridgehead atoms. The third kappa shape index (κ3) is 6.84. The third-order valence-corrected chi connectivity index (χ3v) is 6.61. The van der Waals surface area contributed by atoms with E-state index in [0.29, 0.717) is 37.9 Å². The lowest BCUT2D eigenvalue weighted by Gasteiger charge is -2.23. The number of halogens is 6. The summed E-state index contributed by atoms with van der Waals surface area (Å²) >= 11 is 12.2. The van der Waals surface area contributed by atoms with Gasteiger partial charge in [-0.3, -0.25) is 9.59 Å². The molecule has 1 saturated heterocycles. The molecule has 2 aromatic heterocycles. The Morgan fingerprint density at radius 1 is 1.16 bits per heavy atom. The van der Waals surface area contributed by atoms with Crippen molar-refractivity contribution in [3.05, 3.63) is 52.1 Å². The summed E-state index contributed by atoms with van der Waals surface area (Å²) in [6.45, 7) is 0.00872. The molecule has 4 rings (SSSR count). The molecule has 1 fully saturated rings. The van der Waals surface area contributed by atoms with Crippen LogP contribution in [0.15, 0.2) is 30.5 Å². The van der Waals surface area contributed by atoms with Gasteiger partial charge in [0.1, 0.15) is 5.82 Å². The fourth-order valence-electron chi connectivity index (χ4n) is 4.28. The first-order valence-electron chi connectivity index (χ1n) is 11.9. The highest BCUT2D eigenvalue weighted by molar-refractivity contribution is 6.33. The van der Waals surface area contributed by atoms with Crippen LogP contribution >= 0.6 is 23.2 Å². The summed E-state index contributed by atoms with van der Waals surface area (Å²) in [5.41, 5.74) is 0.847. The van der Waals surface area contributed by atoms with Crippen molar-refractivity contribution in [2.75, 3.05) is 23.3 Å². The summed E-state index contributed by atoms with van der Waals surface area (Å²) in [5.74, 6) is -1.20. The summed E-state index contributed by atoms with van der Waals surface area (Å²) in [4.78, 5) is 31.8. The first-order chi connectivity index (χ1) is 18.0. The van der Waals surface area contributed by atoms with Crippen LogP contribution in [0.2, 0.25) is 10.2 Å². The number of nitrogens with one attached hydrogen (secondary N) is 2. The number of hydrogen-bond acceptors (Lipinski definition) is 5. The van der Waals surface area contributed by atoms with Gasteiger partial charge in [0.25, 0.3) is 5.91 Å². The minimum atomic E-state index is -4.33. The predicted octanol–water partition coefficient (Wildman–Crippen LogP) is 5.64. The summed E-state index contributed by atoms with van der Waals surface area (Å²) in [7, 11) is 0. The Bertz CT molecular complexity index is 1330. The normalized spacial score (nSPS) is 17.2. The number of fused-ring (bicyclic) bond motifs is 1. The Morgan fingerprint density at radius 2 is 1.95 bits per heavy atom. The Labute approximate surface area is 225 Å². The van der Waals surface area contributed by atoms with Crippen molar-refractivity contribution in [1.29, 1.82) is 0 Å². The number of hydrogen-bond donors (Lipinski definition) is 2. The molecule has 2 amide bonds. The van der Waals surface area contributed by atoms with Crippen LogP contribution in [0.3, 0.4) is 0 Å². The average Bonchev–Trinajstić information content (AvgIpc) is 3.28. The maximum Gasteiger partial charge on any atom is 0.390 e. The lowest BCUT2D eigenvalue weighted by atomic mass is 10.0. The number of nitrogens with zero attached hydrogens (tertiary/aromatic N) is 4. The largest absolute Gasteiger partial charge is 0.390 e. The number of rotatable bonds is 6. The zero-order chi connectivity index (χ0) is 27.4. The van der Waals surface area contributed by atoms with Crippen molar-refractivity contribution in [1.82, 2.24) is 19.9 Å². The van der Waals surface area contributed by atoms with E-state index in [1.54, 1.807) is 0 Å². The van der Waals surface area contributed by atoms with Gasteiger partial charge in [-0.05, 0) is 43.9 Å². The van der Waals surface area contributed by atoms with Gasteiger partial charge in [-0.1, -0.05) is 23.2 Å². The smallest absolute Gasteiger partial charge is 0.382 e. The molecule has 14 heteroatoms. The molecule has 204 valence electrons. The SMILES string of the molecule is O=C(N[C@@H]1CCCCN(c2ccc(F)cc2Cl)C(=O)CC1)c1cnc2c(NCCC(F)(F)F)cc(Cl)nn12. The lowest BCUT2D eigenvalue weighted by molar-refractivity contribution is -0.131. The third-order valence-electron chi connectivity index (χ3n) is 6.12. The zero-order valence-corrected chi connectivity index (χ0v) is 21.5. The highest BCUT2D eigenvalue weighted by Gasteiger charge is 2.27. The van der Waals surface area contributed by atoms with Crippen LogP contribution in [-0.4, -0.2) is 51.7 Å². The Balaban J connectivity index is 1.45. The molecule has 38 heavy (non-hydrogen) atoms. The molecule has 3 heterocycles. The molecule has 0 saturated carbocycles. The number of benzene rings is 1. The second kappa shape index (κ2) is 11.7. The molecule has 1 aliphatic rings. The topological polar surface area (TPSA) is 91.6 Å². The van der Waals surface area contributed by atoms with Gasteiger partial charge in [-0.15, -0.1) is 0 Å². The number of amides is 2. The molecule has 0 aliphatic carbocycles. The number of carbonyl (C=O) groups is 2. The summed E-state index contributed by atoms with van der Waals surface area (Å²) in [6, 6.07) is 4.89. The lowest BCUT2D eigenvalue weighted by Crippen LogP contribution is -2.36. The fraction of sp³-hybridized carbons (Fsp3) is 0.417. The molecule has 2 N–H and O–H groups in total. The van der Waals surface area contributed by atoms with E-state index in [1.165, 1.54) is 33.8 Å². The maximum absolute atomic E-state index is 13.5. The van der Waals surface area contributed by atoms with Crippen molar-refractivity contribution >= 4 is 52.0 Å². The van der Waals surface area contributed by atoms with Gasteiger partial charge in [-0.25, -0.2) is 13.9 Å². The molecular weight excluding hydrogens is 551 g/mol. The van der Waals surface area contributed by atoms with Crippen molar-refractivity contribution in [2.45, 2.75) is 50.7 Å². The van der Waals surface area contributed by atoms with Crippen molar-refractivity contribution in [3.63, 3.8) is 0 Å². The molecular formula is C24H24Cl2F4N6O2. The molecule has 1 aromatic carbocycles. The van der Waals surface area contributed by atoms with Crippen LogP contribution in [-0.2, 0) is 4.79 Å². The Hall–Kier alpha value is -3.12. The zero-order valence-electron chi connectivity index (χ0n) is 20.0. The summed E-state index contributed by atoms with van der Waals surface area (Å²) < 4.78 is 52.2. The number of alkyl halides is 3. The van der Waals surface area contributed by atoms with E-state index in [0.717, 1.165) is 6.07 Å². The predicted molar refractivity (Wildman–Crippen MR) is 135 cm³/mol. The highest BCUT2D eigenvalue weighted by atomic mass is 35.5. The standard InChI is InChI=1S/C24H24Cl2F4N6O2/c25-16-11-14(27)4-6-18(16)35-10-2-1-3-15(5-7-21(35)37)33-23(38)19-13-32-22-17(12-20(26)34-36(19)22)31-9-8-24(28,29)30/h4,6,11-13,15,31H,1-3,5,7-10H2,(H,33,38)/t15-/m1/s1. The van der Waals surface area contributed by atoms with Gasteiger partial charge in [0, 0.05) is 31.6 Å². The monoisotopic (exact) mass is 574 g/mol. The van der Waals surface area contributed by atoms with Crippen LogP contribution < -0.4 is 15.5 Å². The van der Waals surface area contributed by atoms with E-state index in [1.807, 2.05) is 0 Å². The van der Waals surface area contributed by atoms with E-state index in [2.05, 4.69) is 20.7 Å². The van der Waals surface area contributed by atoms with Crippen LogP contribution in [0.1, 0.15) is 49.0 Å². The van der Waals surface area contributed by atoms with E-state index in [-0.39, 0.29) is 45.6 Å². The summed E-state index contributed by atoms with van der Waals surface area (Å²) in [6.07, 6.45) is -1.68. The molecule has 0 unspecified atom stereocenters. The van der Waals surface area contributed by atoms with Crippen LogP contribution in [0, 0.1) is 5.82 Å². The number of carbonyl (C=O) groups excluding carboxylic acids is 2. The first-order valence-corrected chi connectivity index (χ1v) is 12.7. The second-order valence-electron chi connectivity index (χ2n) is 8.90. The quantitative estimate of drug-likeness (QED) is 0.372. The molecule has 8 nitrogen and oxygen atoms in total. The summed E-state index contributed by atoms with van der Waals surface area (Å²) in [5, 5.41) is 9.74. The minimum absolute atomic E-state index is 0.0355. The van der Waals surface area contributed by atoms with Crippen molar-refractivity contribution in [3.8, 4) is 0 Å². The van der Waals surface area contributed by atoms with Crippen LogP contribution in [0.4, 0.5) is 28.9 Å². The van der Waals surface area contributed by atoms with E-state index < -0.39 is 30.9 Å². The average molecular weight is 575 g/mol. The number of aromatic nitrogens is 3. The van der Waals surface area contributed by atoms with Crippen LogP contribution in [0.5, 0.6) is 0 Å². The molecule has 0 spiro atoms. The molecule has 3 aromatic rings. The second-order valence-corrected chi connectivity index (χ2v) is 9.69. The van der Waals surface area contributed by atoms with Gasteiger partial charge >= 0.3 is 6.18 Å². The minimum Gasteiger partial charge on any atom is -0.382 e. The molecule has 0 radical (unpaired) electrons. The van der Waals surface area contributed by atoms with E-state index in [9.17, 15) is 27.2 Å². The van der Waals surface area contributed by atoms with Gasteiger partial charge < -0.3 is 15.5 Å².